The first kappa shape index (κ1) is 14.1. The smallest absolute Gasteiger partial charge is 0.303 e. The number of nitrogens with one attached hydrogen (secondary N) is 1. The number of hydrogen-bond donors (Lipinski definition) is 1. The van der Waals surface area contributed by atoms with Crippen LogP contribution in [0.1, 0.15) is 18.1 Å². The second-order valence-corrected chi connectivity index (χ2v) is 4.16. The van der Waals surface area contributed by atoms with E-state index in [1.807, 2.05) is 0 Å². The molecule has 1 N–H and O–H groups in total. The molecule has 0 bridgehead atoms. The molecule has 0 unspecified atom stereocenters. The lowest BCUT2D eigenvalue weighted by Gasteiger charge is -2.07. The molecule has 0 aromatic heterocycles. The minimum absolute atomic E-state index is 0.0313. The van der Waals surface area contributed by atoms with Gasteiger partial charge in [-0.25, -0.2) is 4.79 Å². The van der Waals surface area contributed by atoms with E-state index in [2.05, 4.69) is 5.32 Å². The summed E-state index contributed by atoms with van der Waals surface area (Å²) in [4.78, 5) is 24.2. The maximum Gasteiger partial charge on any atom is 0.416 e. The molecule has 1 fully saturated rings. The van der Waals surface area contributed by atoms with Crippen molar-refractivity contribution in [3.8, 4) is 0 Å². The molecule has 0 saturated carbocycles. The number of amides is 3. The Labute approximate surface area is 112 Å². The molecular weight excluding hydrogens is 273 g/mol. The maximum atomic E-state index is 12.6. The van der Waals surface area contributed by atoms with Crippen molar-refractivity contribution in [2.75, 3.05) is 6.54 Å². The minimum Gasteiger partial charge on any atom is -0.303 e. The van der Waals surface area contributed by atoms with Crippen LogP contribution in [0.3, 0.4) is 0 Å². The second kappa shape index (κ2) is 4.99. The van der Waals surface area contributed by atoms with Gasteiger partial charge in [0, 0.05) is 6.54 Å². The fourth-order valence-corrected chi connectivity index (χ4v) is 1.83. The monoisotopic (exact) mass is 284 g/mol. The predicted octanol–water partition coefficient (Wildman–Crippen LogP) is 2.62. The summed E-state index contributed by atoms with van der Waals surface area (Å²) in [6.45, 7) is 1.83. The summed E-state index contributed by atoms with van der Waals surface area (Å²) in [5.74, 6) is -0.546. The van der Waals surface area contributed by atoms with Gasteiger partial charge in [-0.1, -0.05) is 12.1 Å². The third-order valence-corrected chi connectivity index (χ3v) is 2.80. The molecule has 106 valence electrons. The molecule has 0 radical (unpaired) electrons. The summed E-state index contributed by atoms with van der Waals surface area (Å²) in [7, 11) is 0. The number of halogens is 3. The zero-order valence-electron chi connectivity index (χ0n) is 10.5. The highest BCUT2D eigenvalue weighted by Gasteiger charge is 2.33. The fourth-order valence-electron chi connectivity index (χ4n) is 1.83. The average molecular weight is 284 g/mol. The van der Waals surface area contributed by atoms with Crippen LogP contribution < -0.4 is 5.32 Å². The van der Waals surface area contributed by atoms with E-state index in [4.69, 9.17) is 0 Å². The lowest BCUT2D eigenvalue weighted by molar-refractivity contribution is -0.137. The van der Waals surface area contributed by atoms with Crippen molar-refractivity contribution in [2.45, 2.75) is 13.1 Å². The lowest BCUT2D eigenvalue weighted by Crippen LogP contribution is -2.30. The second-order valence-electron chi connectivity index (χ2n) is 4.16. The van der Waals surface area contributed by atoms with Gasteiger partial charge in [-0.2, -0.15) is 13.2 Å². The Morgan fingerprint density at radius 3 is 2.55 bits per heavy atom. The highest BCUT2D eigenvalue weighted by Crippen LogP contribution is 2.30. The Hall–Kier alpha value is -2.31. The van der Waals surface area contributed by atoms with Crippen LogP contribution in [0, 0.1) is 0 Å². The van der Waals surface area contributed by atoms with Gasteiger partial charge >= 0.3 is 12.2 Å². The van der Waals surface area contributed by atoms with Crippen molar-refractivity contribution in [2.24, 2.45) is 0 Å². The predicted molar refractivity (Wildman–Crippen MR) is 65.3 cm³/mol. The van der Waals surface area contributed by atoms with Gasteiger partial charge in [0.1, 0.15) is 5.70 Å². The molecule has 0 spiro atoms. The molecular formula is C13H11F3N2O2. The van der Waals surface area contributed by atoms with Crippen LogP contribution in [0.4, 0.5) is 18.0 Å². The molecule has 20 heavy (non-hydrogen) atoms. The number of urea groups is 1. The van der Waals surface area contributed by atoms with Crippen molar-refractivity contribution >= 4 is 18.0 Å². The Bertz CT molecular complexity index is 594. The maximum absolute atomic E-state index is 12.6. The van der Waals surface area contributed by atoms with Gasteiger partial charge in [0.05, 0.1) is 5.56 Å². The van der Waals surface area contributed by atoms with E-state index in [1.54, 1.807) is 6.92 Å². The van der Waals surface area contributed by atoms with Crippen LogP contribution in [-0.2, 0) is 11.0 Å². The number of alkyl halides is 3. The van der Waals surface area contributed by atoms with Gasteiger partial charge in [-0.05, 0) is 30.7 Å². The van der Waals surface area contributed by atoms with Crippen molar-refractivity contribution in [3.63, 3.8) is 0 Å². The Kier molecular flexibility index (Phi) is 3.52. The van der Waals surface area contributed by atoms with Gasteiger partial charge in [0.15, 0.2) is 0 Å². The molecule has 7 heteroatoms. The number of likely N-dealkylation sites (N-methyl/N-ethyl adjacent to an activating group) is 1. The first-order chi connectivity index (χ1) is 9.32. The Balaban J connectivity index is 2.33. The van der Waals surface area contributed by atoms with Gasteiger partial charge in [0.2, 0.25) is 0 Å². The summed E-state index contributed by atoms with van der Waals surface area (Å²) in [5, 5.41) is 2.33. The molecule has 4 nitrogen and oxygen atoms in total. The third-order valence-electron chi connectivity index (χ3n) is 2.80. The number of imide groups is 1. The van der Waals surface area contributed by atoms with E-state index in [9.17, 15) is 22.8 Å². The summed E-state index contributed by atoms with van der Waals surface area (Å²) < 4.78 is 37.7. The summed E-state index contributed by atoms with van der Waals surface area (Å²) in [6, 6.07) is 3.96. The topological polar surface area (TPSA) is 49.4 Å². The minimum atomic E-state index is -4.45. The van der Waals surface area contributed by atoms with E-state index in [-0.39, 0.29) is 17.8 Å². The molecule has 1 saturated heterocycles. The molecule has 3 amide bonds. The molecule has 1 aromatic carbocycles. The number of nitrogens with zero attached hydrogens (tertiary/aromatic N) is 1. The van der Waals surface area contributed by atoms with Gasteiger partial charge < -0.3 is 5.32 Å². The van der Waals surface area contributed by atoms with E-state index >= 15 is 0 Å². The number of rotatable bonds is 2. The van der Waals surface area contributed by atoms with Crippen LogP contribution in [0.15, 0.2) is 30.0 Å². The molecule has 1 aromatic rings. The Morgan fingerprint density at radius 2 is 2.00 bits per heavy atom. The molecule has 1 heterocycles. The average Bonchev–Trinajstić information content (AvgIpc) is 2.63. The van der Waals surface area contributed by atoms with Crippen LogP contribution in [0.2, 0.25) is 0 Å². The number of carbonyl (C=O) groups excluding carboxylic acids is 2. The zero-order chi connectivity index (χ0) is 14.9. The van der Waals surface area contributed by atoms with Crippen molar-refractivity contribution in [3.05, 3.63) is 41.1 Å². The van der Waals surface area contributed by atoms with E-state index in [0.29, 0.717) is 0 Å². The number of hydrogen-bond acceptors (Lipinski definition) is 2. The standard InChI is InChI=1S/C13H11F3N2O2/c1-2-18-11(19)10(17-12(18)20)7-8-4-3-5-9(6-8)13(14,15)16/h3-7H,2H2,1H3,(H,17,20)/b10-7+. The fraction of sp³-hybridized carbons (Fsp3) is 0.231. The summed E-state index contributed by atoms with van der Waals surface area (Å²) >= 11 is 0. The van der Waals surface area contributed by atoms with E-state index < -0.39 is 23.7 Å². The third kappa shape index (κ3) is 2.66. The molecule has 1 aliphatic heterocycles. The van der Waals surface area contributed by atoms with E-state index in [1.165, 1.54) is 18.2 Å². The first-order valence-electron chi connectivity index (χ1n) is 5.84. The van der Waals surface area contributed by atoms with Crippen LogP contribution in [-0.4, -0.2) is 23.4 Å². The molecule has 1 aliphatic rings. The molecule has 0 atom stereocenters. The zero-order valence-corrected chi connectivity index (χ0v) is 10.5. The van der Waals surface area contributed by atoms with Gasteiger partial charge in [-0.3, -0.25) is 9.69 Å². The largest absolute Gasteiger partial charge is 0.416 e. The highest BCUT2D eigenvalue weighted by molar-refractivity contribution is 6.13. The normalized spacial score (nSPS) is 17.8. The lowest BCUT2D eigenvalue weighted by atomic mass is 10.1. The summed E-state index contributed by atoms with van der Waals surface area (Å²) in [5.41, 5.74) is -0.645. The van der Waals surface area contributed by atoms with E-state index in [0.717, 1.165) is 17.0 Å². The summed E-state index contributed by atoms with van der Waals surface area (Å²) in [6.07, 6.45) is -3.22. The van der Waals surface area contributed by atoms with Crippen molar-refractivity contribution in [1.82, 2.24) is 10.2 Å². The highest BCUT2D eigenvalue weighted by atomic mass is 19.4. The van der Waals surface area contributed by atoms with Crippen LogP contribution in [0.25, 0.3) is 6.08 Å². The quantitative estimate of drug-likeness (QED) is 0.670. The number of benzene rings is 1. The molecule has 0 aliphatic carbocycles. The first-order valence-corrected chi connectivity index (χ1v) is 5.84. The SMILES string of the molecule is CCN1C(=O)N/C(=C/c2cccc(C(F)(F)F)c2)C1=O. The molecule has 2 rings (SSSR count). The number of carbonyl (C=O) groups is 2. The van der Waals surface area contributed by atoms with Crippen LogP contribution in [0.5, 0.6) is 0 Å². The van der Waals surface area contributed by atoms with Crippen molar-refractivity contribution < 1.29 is 22.8 Å². The van der Waals surface area contributed by atoms with Crippen molar-refractivity contribution in [1.29, 1.82) is 0 Å². The van der Waals surface area contributed by atoms with Crippen LogP contribution >= 0.6 is 0 Å². The van der Waals surface area contributed by atoms with Gasteiger partial charge in [0.25, 0.3) is 5.91 Å². The Morgan fingerprint density at radius 1 is 1.30 bits per heavy atom. The van der Waals surface area contributed by atoms with Gasteiger partial charge in [-0.15, -0.1) is 0 Å².